The van der Waals surface area contributed by atoms with Crippen LogP contribution in [0.25, 0.3) is 0 Å². The van der Waals surface area contributed by atoms with E-state index in [1.165, 1.54) is 6.42 Å². The number of carbonyl (C=O) groups excluding carboxylic acids is 1. The van der Waals surface area contributed by atoms with E-state index in [1.807, 2.05) is 6.92 Å². The molecule has 0 saturated carbocycles. The van der Waals surface area contributed by atoms with E-state index in [9.17, 15) is 4.79 Å². The van der Waals surface area contributed by atoms with Crippen LogP contribution in [0.15, 0.2) is 12.7 Å². The van der Waals surface area contributed by atoms with Gasteiger partial charge in [-0.25, -0.2) is 0 Å². The summed E-state index contributed by atoms with van der Waals surface area (Å²) in [5, 5.41) is 2.88. The Hall–Kier alpha value is -0.830. The van der Waals surface area contributed by atoms with Gasteiger partial charge in [0.1, 0.15) is 0 Å². The number of amides is 1. The molecule has 0 saturated heterocycles. The minimum absolute atomic E-state index is 0.0617. The van der Waals surface area contributed by atoms with E-state index in [4.69, 9.17) is 5.73 Å². The first-order valence-electron chi connectivity index (χ1n) is 6.26. The van der Waals surface area contributed by atoms with E-state index < -0.39 is 0 Å². The van der Waals surface area contributed by atoms with Gasteiger partial charge in [-0.05, 0) is 32.2 Å². The average molecular weight is 226 g/mol. The van der Waals surface area contributed by atoms with E-state index in [2.05, 4.69) is 18.8 Å². The van der Waals surface area contributed by atoms with Crippen molar-refractivity contribution in [2.24, 2.45) is 11.7 Å². The van der Waals surface area contributed by atoms with Crippen LogP contribution in [-0.2, 0) is 4.79 Å². The topological polar surface area (TPSA) is 55.1 Å². The van der Waals surface area contributed by atoms with E-state index in [1.54, 1.807) is 6.08 Å². The number of carbonyl (C=O) groups is 1. The normalized spacial score (nSPS) is 14.2. The smallest absolute Gasteiger partial charge is 0.220 e. The molecule has 3 nitrogen and oxygen atoms in total. The van der Waals surface area contributed by atoms with Crippen LogP contribution in [-0.4, -0.2) is 18.5 Å². The van der Waals surface area contributed by atoms with Crippen molar-refractivity contribution in [3.63, 3.8) is 0 Å². The lowest BCUT2D eigenvalue weighted by molar-refractivity contribution is -0.121. The number of rotatable bonds is 9. The van der Waals surface area contributed by atoms with Crippen LogP contribution in [0.4, 0.5) is 0 Å². The molecule has 1 amide bonds. The lowest BCUT2D eigenvalue weighted by Crippen LogP contribution is -2.31. The summed E-state index contributed by atoms with van der Waals surface area (Å²) in [4.78, 5) is 11.5. The van der Waals surface area contributed by atoms with E-state index in [0.29, 0.717) is 12.3 Å². The second-order valence-electron chi connectivity index (χ2n) is 4.36. The first kappa shape index (κ1) is 15.2. The minimum atomic E-state index is 0.0617. The van der Waals surface area contributed by atoms with Crippen LogP contribution < -0.4 is 11.1 Å². The van der Waals surface area contributed by atoms with Gasteiger partial charge in [-0.3, -0.25) is 4.79 Å². The Morgan fingerprint density at radius 2 is 2.12 bits per heavy atom. The SMILES string of the molecule is C=CC(C)NC(=O)CCC(CCC)CCN. The van der Waals surface area contributed by atoms with Gasteiger partial charge in [0.2, 0.25) is 5.91 Å². The highest BCUT2D eigenvalue weighted by atomic mass is 16.1. The third kappa shape index (κ3) is 7.46. The monoisotopic (exact) mass is 226 g/mol. The van der Waals surface area contributed by atoms with Crippen molar-refractivity contribution in [3.8, 4) is 0 Å². The molecular formula is C13H26N2O. The number of nitrogens with two attached hydrogens (primary N) is 1. The molecule has 0 spiro atoms. The van der Waals surface area contributed by atoms with Gasteiger partial charge in [0, 0.05) is 12.5 Å². The summed E-state index contributed by atoms with van der Waals surface area (Å²) in [6.45, 7) is 8.45. The molecule has 2 atom stereocenters. The maximum Gasteiger partial charge on any atom is 0.220 e. The molecular weight excluding hydrogens is 200 g/mol. The van der Waals surface area contributed by atoms with Crippen molar-refractivity contribution >= 4 is 5.91 Å². The Kier molecular flexibility index (Phi) is 8.91. The van der Waals surface area contributed by atoms with Crippen molar-refractivity contribution < 1.29 is 4.79 Å². The highest BCUT2D eigenvalue weighted by Gasteiger charge is 2.10. The summed E-state index contributed by atoms with van der Waals surface area (Å²) in [7, 11) is 0. The van der Waals surface area contributed by atoms with Gasteiger partial charge in [-0.1, -0.05) is 25.8 Å². The van der Waals surface area contributed by atoms with Gasteiger partial charge in [0.05, 0.1) is 0 Å². The zero-order chi connectivity index (χ0) is 12.4. The molecule has 0 aliphatic rings. The minimum Gasteiger partial charge on any atom is -0.350 e. The molecule has 0 bridgehead atoms. The molecule has 0 aliphatic carbocycles. The van der Waals surface area contributed by atoms with E-state index in [0.717, 1.165) is 25.8 Å². The van der Waals surface area contributed by atoms with Crippen LogP contribution in [0.3, 0.4) is 0 Å². The lowest BCUT2D eigenvalue weighted by atomic mass is 9.94. The van der Waals surface area contributed by atoms with Crippen LogP contribution in [0, 0.1) is 5.92 Å². The van der Waals surface area contributed by atoms with E-state index in [-0.39, 0.29) is 11.9 Å². The van der Waals surface area contributed by atoms with Crippen LogP contribution in [0.2, 0.25) is 0 Å². The van der Waals surface area contributed by atoms with Crippen molar-refractivity contribution in [2.75, 3.05) is 6.54 Å². The summed E-state index contributed by atoms with van der Waals surface area (Å²) in [5.41, 5.74) is 5.55. The maximum absolute atomic E-state index is 11.5. The van der Waals surface area contributed by atoms with Crippen molar-refractivity contribution in [3.05, 3.63) is 12.7 Å². The van der Waals surface area contributed by atoms with Crippen LogP contribution in [0.5, 0.6) is 0 Å². The summed E-state index contributed by atoms with van der Waals surface area (Å²) >= 11 is 0. The number of nitrogens with one attached hydrogen (secondary N) is 1. The Bertz CT molecular complexity index is 198. The second kappa shape index (κ2) is 9.40. The first-order valence-corrected chi connectivity index (χ1v) is 6.26. The maximum atomic E-state index is 11.5. The van der Waals surface area contributed by atoms with Crippen molar-refractivity contribution in [1.29, 1.82) is 0 Å². The summed E-state index contributed by atoms with van der Waals surface area (Å²) in [5.74, 6) is 0.713. The second-order valence-corrected chi connectivity index (χ2v) is 4.36. The molecule has 0 rings (SSSR count). The Balaban J connectivity index is 3.81. The van der Waals surface area contributed by atoms with Crippen LogP contribution in [0.1, 0.15) is 46.0 Å². The molecule has 0 heterocycles. The summed E-state index contributed by atoms with van der Waals surface area (Å²) < 4.78 is 0. The quantitative estimate of drug-likeness (QED) is 0.592. The summed E-state index contributed by atoms with van der Waals surface area (Å²) in [6.07, 6.45) is 6.64. The molecule has 0 aromatic rings. The number of hydrogen-bond donors (Lipinski definition) is 2. The molecule has 0 aromatic heterocycles. The zero-order valence-corrected chi connectivity index (χ0v) is 10.7. The lowest BCUT2D eigenvalue weighted by Gasteiger charge is -2.15. The molecule has 94 valence electrons. The highest BCUT2D eigenvalue weighted by molar-refractivity contribution is 5.76. The Morgan fingerprint density at radius 3 is 2.62 bits per heavy atom. The van der Waals surface area contributed by atoms with Gasteiger partial charge >= 0.3 is 0 Å². The molecule has 3 N–H and O–H groups in total. The fourth-order valence-electron chi connectivity index (χ4n) is 1.80. The molecule has 16 heavy (non-hydrogen) atoms. The molecule has 0 aromatic carbocycles. The van der Waals surface area contributed by atoms with Gasteiger partial charge < -0.3 is 11.1 Å². The first-order chi connectivity index (χ1) is 7.63. The standard InChI is InChI=1S/C13H26N2O/c1-4-6-12(9-10-14)7-8-13(16)15-11(3)5-2/h5,11-12H,2,4,6-10,14H2,1,3H3,(H,15,16). The van der Waals surface area contributed by atoms with Gasteiger partial charge in [0.15, 0.2) is 0 Å². The van der Waals surface area contributed by atoms with E-state index >= 15 is 0 Å². The van der Waals surface area contributed by atoms with Gasteiger partial charge in [0.25, 0.3) is 0 Å². The predicted octanol–water partition coefficient (Wildman–Crippen LogP) is 2.22. The largest absolute Gasteiger partial charge is 0.350 e. The van der Waals surface area contributed by atoms with Gasteiger partial charge in [-0.15, -0.1) is 6.58 Å². The summed E-state index contributed by atoms with van der Waals surface area (Å²) in [6, 6.07) is 0.0617. The molecule has 2 unspecified atom stereocenters. The zero-order valence-electron chi connectivity index (χ0n) is 10.7. The van der Waals surface area contributed by atoms with Crippen molar-refractivity contribution in [1.82, 2.24) is 5.32 Å². The highest BCUT2D eigenvalue weighted by Crippen LogP contribution is 2.16. The average Bonchev–Trinajstić information content (AvgIpc) is 2.26. The fraction of sp³-hybridized carbons (Fsp3) is 0.769. The number of hydrogen-bond acceptors (Lipinski definition) is 2. The fourth-order valence-corrected chi connectivity index (χ4v) is 1.80. The van der Waals surface area contributed by atoms with Gasteiger partial charge in [-0.2, -0.15) is 0 Å². The third-order valence-electron chi connectivity index (χ3n) is 2.79. The predicted molar refractivity (Wildman–Crippen MR) is 69.1 cm³/mol. The Labute approximate surface area is 99.5 Å². The van der Waals surface area contributed by atoms with Crippen LogP contribution >= 0.6 is 0 Å². The van der Waals surface area contributed by atoms with Crippen molar-refractivity contribution in [2.45, 2.75) is 52.0 Å². The molecule has 0 radical (unpaired) electrons. The Morgan fingerprint density at radius 1 is 1.44 bits per heavy atom. The molecule has 3 heteroatoms. The molecule has 0 fully saturated rings. The third-order valence-corrected chi connectivity index (χ3v) is 2.79. The molecule has 0 aliphatic heterocycles.